The number of aliphatic hydroxyl groups excluding tert-OH is 1. The molecule has 0 unspecified atom stereocenters. The summed E-state index contributed by atoms with van der Waals surface area (Å²) in [6.07, 6.45) is 3.17. The number of carbonyl (C=O) groups excluding carboxylic acids is 3. The van der Waals surface area contributed by atoms with Gasteiger partial charge in [0.1, 0.15) is 11.4 Å². The van der Waals surface area contributed by atoms with Gasteiger partial charge in [-0.3, -0.25) is 14.6 Å². The third-order valence-corrected chi connectivity index (χ3v) is 8.30. The smallest absolute Gasteiger partial charge is 0.415 e. The van der Waals surface area contributed by atoms with Crippen molar-refractivity contribution < 1.29 is 38.4 Å². The number of carbonyl (C=O) groups is 3. The summed E-state index contributed by atoms with van der Waals surface area (Å²) in [5, 5.41) is 11.5. The number of hydrogen-bond donors (Lipinski definition) is 2. The summed E-state index contributed by atoms with van der Waals surface area (Å²) in [5.74, 6) is 0.527. The van der Waals surface area contributed by atoms with Crippen LogP contribution in [0.2, 0.25) is 0 Å². The lowest BCUT2D eigenvalue weighted by molar-refractivity contribution is -0.00113. The first-order valence-electron chi connectivity index (χ1n) is 15.0. The van der Waals surface area contributed by atoms with Gasteiger partial charge in [0.05, 0.1) is 45.6 Å². The maximum absolute atomic E-state index is 12.9. The van der Waals surface area contributed by atoms with Gasteiger partial charge >= 0.3 is 12.1 Å². The van der Waals surface area contributed by atoms with E-state index in [1.807, 2.05) is 13.0 Å². The minimum atomic E-state index is -0.561. The van der Waals surface area contributed by atoms with Crippen LogP contribution in [0.3, 0.4) is 0 Å². The second-order valence-electron chi connectivity index (χ2n) is 11.3. The number of nitrogens with zero attached hydrogens (tertiary/aromatic N) is 2. The normalized spacial score (nSPS) is 18.0. The quantitative estimate of drug-likeness (QED) is 0.264. The van der Waals surface area contributed by atoms with Crippen LogP contribution in [0.5, 0.6) is 5.75 Å². The van der Waals surface area contributed by atoms with Gasteiger partial charge in [-0.1, -0.05) is 0 Å². The molecular weight excluding hydrogens is 554 g/mol. The Morgan fingerprint density at radius 1 is 1.12 bits per heavy atom. The molecule has 0 bridgehead atoms. The number of nitrogens with one attached hydrogen (secondary N) is 1. The Labute approximate surface area is 252 Å². The van der Waals surface area contributed by atoms with E-state index in [2.05, 4.69) is 16.3 Å². The number of methoxy groups -OCH3 is 1. The summed E-state index contributed by atoms with van der Waals surface area (Å²) in [4.78, 5) is 41.8. The van der Waals surface area contributed by atoms with Crippen molar-refractivity contribution in [2.45, 2.75) is 50.7 Å². The zero-order valence-electron chi connectivity index (χ0n) is 24.9. The van der Waals surface area contributed by atoms with Crippen LogP contribution in [0.1, 0.15) is 70.4 Å². The van der Waals surface area contributed by atoms with Crippen molar-refractivity contribution >= 4 is 23.7 Å². The first-order chi connectivity index (χ1) is 20.9. The molecule has 2 aliphatic heterocycles. The lowest BCUT2D eigenvalue weighted by atomic mass is 9.90. The number of rotatable bonds is 13. The van der Waals surface area contributed by atoms with Crippen LogP contribution >= 0.6 is 0 Å². The van der Waals surface area contributed by atoms with Crippen LogP contribution in [0.25, 0.3) is 0 Å². The van der Waals surface area contributed by atoms with Crippen molar-refractivity contribution in [1.82, 2.24) is 10.2 Å². The van der Waals surface area contributed by atoms with Crippen LogP contribution in [0.4, 0.5) is 10.5 Å². The fraction of sp³-hybridized carbons (Fsp3) is 0.531. The van der Waals surface area contributed by atoms with Crippen LogP contribution in [-0.4, -0.2) is 93.3 Å². The predicted octanol–water partition coefficient (Wildman–Crippen LogP) is 3.48. The Bertz CT molecular complexity index is 1300. The zero-order valence-corrected chi connectivity index (χ0v) is 24.9. The maximum Gasteiger partial charge on any atom is 0.415 e. The Hall–Kier alpha value is -3.67. The molecule has 11 heteroatoms. The molecule has 11 nitrogen and oxygen atoms in total. The van der Waals surface area contributed by atoms with Gasteiger partial charge in [-0.15, -0.1) is 0 Å². The third-order valence-electron chi connectivity index (χ3n) is 8.30. The van der Waals surface area contributed by atoms with Crippen LogP contribution in [-0.2, 0) is 20.8 Å². The number of aliphatic hydroxyl groups is 1. The lowest BCUT2D eigenvalue weighted by Crippen LogP contribution is -2.46. The fourth-order valence-electron chi connectivity index (χ4n) is 5.82. The molecule has 2 N–H and O–H groups in total. The van der Waals surface area contributed by atoms with E-state index >= 15 is 0 Å². The van der Waals surface area contributed by atoms with E-state index in [-0.39, 0.29) is 31.2 Å². The molecule has 5 rings (SSSR count). The third kappa shape index (κ3) is 7.29. The van der Waals surface area contributed by atoms with Crippen molar-refractivity contribution in [1.29, 1.82) is 0 Å². The molecule has 1 spiro atoms. The predicted molar refractivity (Wildman–Crippen MR) is 159 cm³/mol. The molecule has 0 aromatic heterocycles. The average Bonchev–Trinajstić information content (AvgIpc) is 3.82. The van der Waals surface area contributed by atoms with Crippen molar-refractivity contribution in [2.75, 3.05) is 64.6 Å². The number of amides is 2. The van der Waals surface area contributed by atoms with E-state index in [0.29, 0.717) is 74.2 Å². The number of piperidine rings is 1. The number of hydrogen-bond acceptors (Lipinski definition) is 9. The van der Waals surface area contributed by atoms with E-state index in [4.69, 9.17) is 24.1 Å². The summed E-state index contributed by atoms with van der Waals surface area (Å²) in [6.45, 7) is 5.91. The maximum atomic E-state index is 12.9. The van der Waals surface area contributed by atoms with E-state index in [1.54, 1.807) is 29.2 Å². The lowest BCUT2D eigenvalue weighted by Gasteiger charge is -2.37. The topological polar surface area (TPSA) is 127 Å². The molecule has 2 heterocycles. The molecule has 232 valence electrons. The molecule has 1 aliphatic carbocycles. The minimum Gasteiger partial charge on any atom is -0.494 e. The van der Waals surface area contributed by atoms with Gasteiger partial charge in [-0.05, 0) is 67.6 Å². The van der Waals surface area contributed by atoms with E-state index in [0.717, 1.165) is 37.1 Å². The second-order valence-corrected chi connectivity index (χ2v) is 11.3. The van der Waals surface area contributed by atoms with Gasteiger partial charge in [-0.2, -0.15) is 0 Å². The Balaban J connectivity index is 1.19. The van der Waals surface area contributed by atoms with E-state index in [1.165, 1.54) is 7.11 Å². The van der Waals surface area contributed by atoms with Gasteiger partial charge in [-0.25, -0.2) is 9.59 Å². The van der Waals surface area contributed by atoms with Crippen LogP contribution in [0.15, 0.2) is 36.4 Å². The molecular formula is C32H41N3O8. The summed E-state index contributed by atoms with van der Waals surface area (Å²) < 4.78 is 22.1. The zero-order chi connectivity index (χ0) is 30.4. The largest absolute Gasteiger partial charge is 0.494 e. The number of likely N-dealkylation sites (tertiary alicyclic amines) is 1. The second kappa shape index (κ2) is 13.7. The molecule has 0 atom stereocenters. The highest BCUT2D eigenvalue weighted by atomic mass is 16.6. The summed E-state index contributed by atoms with van der Waals surface area (Å²) in [6, 6.07) is 10.9. The summed E-state index contributed by atoms with van der Waals surface area (Å²) in [5.41, 5.74) is 3.29. The Morgan fingerprint density at radius 2 is 1.86 bits per heavy atom. The molecule has 0 radical (unpaired) electrons. The van der Waals surface area contributed by atoms with Crippen molar-refractivity contribution in [2.24, 2.45) is 0 Å². The molecule has 2 amide bonds. The summed E-state index contributed by atoms with van der Waals surface area (Å²) >= 11 is 0. The van der Waals surface area contributed by atoms with E-state index < -0.39 is 5.60 Å². The van der Waals surface area contributed by atoms with Crippen molar-refractivity contribution in [3.05, 3.63) is 58.7 Å². The first-order valence-corrected chi connectivity index (χ1v) is 15.0. The Kier molecular flexibility index (Phi) is 9.84. The van der Waals surface area contributed by atoms with Gasteiger partial charge in [0.25, 0.3) is 5.91 Å². The molecule has 2 aromatic carbocycles. The highest BCUT2D eigenvalue weighted by Crippen LogP contribution is 2.44. The summed E-state index contributed by atoms with van der Waals surface area (Å²) in [7, 11) is 1.41. The van der Waals surface area contributed by atoms with Gasteiger partial charge in [0.2, 0.25) is 0 Å². The van der Waals surface area contributed by atoms with Gasteiger partial charge in [0, 0.05) is 55.8 Å². The van der Waals surface area contributed by atoms with E-state index in [9.17, 15) is 14.4 Å². The Morgan fingerprint density at radius 3 is 2.51 bits per heavy atom. The average molecular weight is 596 g/mol. The molecule has 3 aliphatic rings. The van der Waals surface area contributed by atoms with Crippen LogP contribution < -0.4 is 15.0 Å². The highest BCUT2D eigenvalue weighted by Gasteiger charge is 2.47. The molecule has 2 saturated heterocycles. The molecule has 3 fully saturated rings. The fourth-order valence-corrected chi connectivity index (χ4v) is 5.82. The molecule has 43 heavy (non-hydrogen) atoms. The number of ether oxygens (including phenoxy) is 4. The number of anilines is 1. The molecule has 1 saturated carbocycles. The van der Waals surface area contributed by atoms with Crippen molar-refractivity contribution in [3.8, 4) is 5.75 Å². The highest BCUT2D eigenvalue weighted by molar-refractivity contribution is 5.96. The monoisotopic (exact) mass is 595 g/mol. The van der Waals surface area contributed by atoms with Crippen molar-refractivity contribution in [3.63, 3.8) is 0 Å². The number of benzene rings is 2. The SMILES string of the molecule is CCOc1cc(C(=O)OC)c(C2CC2)cc1CN1CCC2(CC1)CN(c1ccc(C(=O)NCCOCCO)cc1)C(=O)O2. The van der Waals surface area contributed by atoms with Gasteiger partial charge < -0.3 is 29.4 Å². The van der Waals surface area contributed by atoms with Crippen LogP contribution in [0, 0.1) is 0 Å². The number of esters is 1. The molecule has 2 aromatic rings. The van der Waals surface area contributed by atoms with Gasteiger partial charge in [0.15, 0.2) is 0 Å². The standard InChI is InChI=1S/C32H41N3O8/c1-3-42-28-19-27(30(38)40-2)26(22-4-5-22)18-24(28)20-34-13-10-32(11-14-34)21-35(31(39)43-32)25-8-6-23(7-9-25)29(37)33-12-16-41-17-15-36/h6-9,18-19,22,36H,3-5,10-17,20-21H2,1-2H3,(H,33,37). The minimum absolute atomic E-state index is 0.0571. The first kappa shape index (κ1) is 30.8.